The van der Waals surface area contributed by atoms with E-state index in [0.717, 1.165) is 32.5 Å². The molecule has 138 valence electrons. The number of alkyl halides is 1. The van der Waals surface area contributed by atoms with Gasteiger partial charge in [0.1, 0.15) is 0 Å². The van der Waals surface area contributed by atoms with Gasteiger partial charge in [-0.1, -0.05) is 61.5 Å². The molecule has 2 nitrogen and oxygen atoms in total. The first-order valence-electron chi connectivity index (χ1n) is 9.48. The van der Waals surface area contributed by atoms with E-state index in [1.165, 1.54) is 30.0 Å². The third-order valence-electron chi connectivity index (χ3n) is 4.76. The normalized spacial score (nSPS) is 18.0. The molecule has 0 saturated heterocycles. The molecule has 0 aromatic heterocycles. The van der Waals surface area contributed by atoms with E-state index in [2.05, 4.69) is 66.4 Å². The molecular formula is C23H29ClN2. The van der Waals surface area contributed by atoms with Gasteiger partial charge >= 0.3 is 0 Å². The van der Waals surface area contributed by atoms with Crippen LogP contribution in [-0.4, -0.2) is 23.4 Å². The zero-order valence-corrected chi connectivity index (χ0v) is 16.6. The summed E-state index contributed by atoms with van der Waals surface area (Å²) in [6, 6.07) is 21.6. The lowest BCUT2D eigenvalue weighted by molar-refractivity contribution is 0.276. The number of hydrogen-bond acceptors (Lipinski definition) is 2. The molecule has 0 amide bonds. The zero-order chi connectivity index (χ0) is 18.8. The molecule has 0 heterocycles. The molecule has 2 atom stereocenters. The molecule has 3 rings (SSSR count). The van der Waals surface area contributed by atoms with Gasteiger partial charge in [-0.2, -0.15) is 5.26 Å². The fourth-order valence-electron chi connectivity index (χ4n) is 3.14. The summed E-state index contributed by atoms with van der Waals surface area (Å²) in [5, 5.41) is 7.69. The Hall–Kier alpha value is -1.82. The van der Waals surface area contributed by atoms with Crippen LogP contribution in [0.25, 0.3) is 0 Å². The highest BCUT2D eigenvalue weighted by Gasteiger charge is 2.36. The first-order valence-corrected chi connectivity index (χ1v) is 9.91. The van der Waals surface area contributed by atoms with Crippen molar-refractivity contribution in [1.82, 2.24) is 4.90 Å². The molecule has 0 spiro atoms. The largest absolute Gasteiger partial charge is 0.299 e. The van der Waals surface area contributed by atoms with Gasteiger partial charge in [-0.05, 0) is 49.0 Å². The summed E-state index contributed by atoms with van der Waals surface area (Å²) in [4.78, 5) is 2.52. The van der Waals surface area contributed by atoms with Gasteiger partial charge < -0.3 is 0 Å². The Bertz CT molecular complexity index is 676. The van der Waals surface area contributed by atoms with Crippen LogP contribution in [0.4, 0.5) is 0 Å². The van der Waals surface area contributed by atoms with E-state index >= 15 is 0 Å². The van der Waals surface area contributed by atoms with Crippen molar-refractivity contribution in [3.8, 4) is 6.07 Å². The Balaban J connectivity index is 0.000000758. The number of hydrogen-bond donors (Lipinski definition) is 0. The lowest BCUT2D eigenvalue weighted by Crippen LogP contribution is -2.24. The van der Waals surface area contributed by atoms with E-state index in [1.807, 2.05) is 0 Å². The minimum atomic E-state index is 0.372. The van der Waals surface area contributed by atoms with Crippen molar-refractivity contribution in [3.63, 3.8) is 0 Å². The third-order valence-corrected chi connectivity index (χ3v) is 5.24. The van der Waals surface area contributed by atoms with E-state index in [-0.39, 0.29) is 0 Å². The smallest absolute Gasteiger partial charge is 0.0587 e. The number of halogens is 1. The van der Waals surface area contributed by atoms with E-state index in [0.29, 0.717) is 11.3 Å². The minimum absolute atomic E-state index is 0.372. The molecule has 2 aromatic rings. The molecule has 1 aliphatic carbocycles. The monoisotopic (exact) mass is 368 g/mol. The van der Waals surface area contributed by atoms with Gasteiger partial charge in [0, 0.05) is 24.8 Å². The van der Waals surface area contributed by atoms with Crippen molar-refractivity contribution in [2.45, 2.75) is 50.9 Å². The summed E-state index contributed by atoms with van der Waals surface area (Å²) >= 11 is 6.12. The summed E-state index contributed by atoms with van der Waals surface area (Å²) < 4.78 is 0. The Morgan fingerprint density at radius 3 is 2.23 bits per heavy atom. The molecular weight excluding hydrogens is 340 g/mol. The van der Waals surface area contributed by atoms with E-state index in [9.17, 15) is 0 Å². The molecule has 1 saturated carbocycles. The predicted molar refractivity (Wildman–Crippen MR) is 110 cm³/mol. The second-order valence-electron chi connectivity index (χ2n) is 6.78. The van der Waals surface area contributed by atoms with Crippen molar-refractivity contribution >= 4 is 11.6 Å². The highest BCUT2D eigenvalue weighted by atomic mass is 35.5. The van der Waals surface area contributed by atoms with E-state index in [4.69, 9.17) is 16.9 Å². The number of nitrogens with zero attached hydrogens (tertiary/aromatic N) is 2. The molecule has 3 heteroatoms. The fraction of sp³-hybridized carbons (Fsp3) is 0.435. The van der Waals surface area contributed by atoms with Crippen LogP contribution in [-0.2, 0) is 13.0 Å². The van der Waals surface area contributed by atoms with E-state index in [1.54, 1.807) is 6.07 Å². The maximum atomic E-state index is 7.32. The predicted octanol–water partition coefficient (Wildman–Crippen LogP) is 5.77. The molecule has 0 N–H and O–H groups in total. The Morgan fingerprint density at radius 2 is 1.69 bits per heavy atom. The van der Waals surface area contributed by atoms with Gasteiger partial charge in [0.15, 0.2) is 0 Å². The van der Waals surface area contributed by atoms with Crippen LogP contribution in [0, 0.1) is 11.3 Å². The van der Waals surface area contributed by atoms with Gasteiger partial charge in [0.05, 0.1) is 6.07 Å². The van der Waals surface area contributed by atoms with Gasteiger partial charge in [-0.15, -0.1) is 11.6 Å². The van der Waals surface area contributed by atoms with Crippen molar-refractivity contribution in [3.05, 3.63) is 71.3 Å². The first-order chi connectivity index (χ1) is 12.7. The summed E-state index contributed by atoms with van der Waals surface area (Å²) in [6.07, 6.45) is 3.51. The molecule has 2 aromatic carbocycles. The van der Waals surface area contributed by atoms with Crippen LogP contribution >= 0.6 is 11.6 Å². The summed E-state index contributed by atoms with van der Waals surface area (Å²) in [7, 11) is 0. The number of rotatable bonds is 8. The standard InChI is InChI=1S/C21H26ClN.C2H3N/c1-2-23(16-18-7-4-3-5-8-18)14-6-9-17-10-12-19(13-11-17)20-15-21(20)22;1-2-3/h3-5,7-8,10-13,20-21H,2,6,9,14-16H2,1H3;1H3. The van der Waals surface area contributed by atoms with Crippen LogP contribution in [0.15, 0.2) is 54.6 Å². The minimum Gasteiger partial charge on any atom is -0.299 e. The van der Waals surface area contributed by atoms with Crippen molar-refractivity contribution in [2.75, 3.05) is 13.1 Å². The molecule has 1 fully saturated rings. The molecule has 0 aliphatic heterocycles. The number of aryl methyl sites for hydroxylation is 1. The van der Waals surface area contributed by atoms with Crippen molar-refractivity contribution < 1.29 is 0 Å². The number of nitriles is 1. The molecule has 26 heavy (non-hydrogen) atoms. The summed E-state index contributed by atoms with van der Waals surface area (Å²) in [5.74, 6) is 0.604. The van der Waals surface area contributed by atoms with Crippen LogP contribution < -0.4 is 0 Å². The Labute approximate surface area is 163 Å². The maximum absolute atomic E-state index is 7.32. The topological polar surface area (TPSA) is 27.0 Å². The van der Waals surface area contributed by atoms with Crippen LogP contribution in [0.5, 0.6) is 0 Å². The summed E-state index contributed by atoms with van der Waals surface area (Å²) in [6.45, 7) is 6.98. The molecule has 2 unspecified atom stereocenters. The zero-order valence-electron chi connectivity index (χ0n) is 15.9. The molecule has 0 radical (unpaired) electrons. The fourth-order valence-corrected chi connectivity index (χ4v) is 3.48. The van der Waals surface area contributed by atoms with E-state index < -0.39 is 0 Å². The first kappa shape index (κ1) is 20.5. The van der Waals surface area contributed by atoms with Gasteiger partial charge in [-0.3, -0.25) is 4.90 Å². The lowest BCUT2D eigenvalue weighted by Gasteiger charge is -2.20. The SMILES string of the molecule is CC#N.CCN(CCCc1ccc(C2CC2Cl)cc1)Cc1ccccc1. The van der Waals surface area contributed by atoms with Gasteiger partial charge in [0.25, 0.3) is 0 Å². The number of benzene rings is 2. The lowest BCUT2D eigenvalue weighted by atomic mass is 10.0. The second-order valence-corrected chi connectivity index (χ2v) is 7.34. The third kappa shape index (κ3) is 6.83. The van der Waals surface area contributed by atoms with Crippen molar-refractivity contribution in [2.24, 2.45) is 0 Å². The van der Waals surface area contributed by atoms with Crippen LogP contribution in [0.2, 0.25) is 0 Å². The Kier molecular flexibility index (Phi) is 8.68. The summed E-state index contributed by atoms with van der Waals surface area (Å²) in [5.41, 5.74) is 4.25. The highest BCUT2D eigenvalue weighted by Crippen LogP contribution is 2.45. The highest BCUT2D eigenvalue weighted by molar-refractivity contribution is 6.23. The van der Waals surface area contributed by atoms with Crippen LogP contribution in [0.1, 0.15) is 49.3 Å². The molecule has 1 aliphatic rings. The molecule has 0 bridgehead atoms. The quantitative estimate of drug-likeness (QED) is 0.553. The van der Waals surface area contributed by atoms with Gasteiger partial charge in [-0.25, -0.2) is 0 Å². The van der Waals surface area contributed by atoms with Gasteiger partial charge in [0.2, 0.25) is 0 Å². The van der Waals surface area contributed by atoms with Crippen LogP contribution in [0.3, 0.4) is 0 Å². The Morgan fingerprint density at radius 1 is 1.08 bits per heavy atom. The van der Waals surface area contributed by atoms with Crippen molar-refractivity contribution in [1.29, 1.82) is 5.26 Å². The average Bonchev–Trinajstić information content (AvgIpc) is 3.39. The average molecular weight is 369 g/mol. The maximum Gasteiger partial charge on any atom is 0.0587 e. The second kappa shape index (κ2) is 11.0.